The first-order chi connectivity index (χ1) is 26.8. The average Bonchev–Trinajstić information content (AvgIpc) is 3.64. The van der Waals surface area contributed by atoms with Crippen molar-refractivity contribution in [3.8, 4) is 44.5 Å². The van der Waals surface area contributed by atoms with Gasteiger partial charge in [-0.2, -0.15) is 0 Å². The van der Waals surface area contributed by atoms with Gasteiger partial charge in [-0.3, -0.25) is 0 Å². The highest BCUT2D eigenvalue weighted by molar-refractivity contribution is 6.11. The summed E-state index contributed by atoms with van der Waals surface area (Å²) >= 11 is 0. The van der Waals surface area contributed by atoms with Crippen molar-refractivity contribution < 1.29 is 4.42 Å². The van der Waals surface area contributed by atoms with Crippen molar-refractivity contribution in [2.75, 3.05) is 4.90 Å². The molecule has 0 saturated heterocycles. The third kappa shape index (κ3) is 5.44. The summed E-state index contributed by atoms with van der Waals surface area (Å²) in [4.78, 5) is 2.43. The molecule has 54 heavy (non-hydrogen) atoms. The van der Waals surface area contributed by atoms with Crippen LogP contribution in [0.25, 0.3) is 77.2 Å². The van der Waals surface area contributed by atoms with E-state index in [2.05, 4.69) is 211 Å². The second-order valence-electron chi connectivity index (χ2n) is 13.6. The van der Waals surface area contributed by atoms with Gasteiger partial charge < -0.3 is 9.32 Å². The second-order valence-corrected chi connectivity index (χ2v) is 13.6. The fourth-order valence-corrected chi connectivity index (χ4v) is 8.02. The number of fused-ring (bicyclic) bond motifs is 4. The third-order valence-electron chi connectivity index (χ3n) is 10.5. The zero-order valence-electron chi connectivity index (χ0n) is 29.6. The van der Waals surface area contributed by atoms with E-state index in [1.54, 1.807) is 0 Å². The quantitative estimate of drug-likeness (QED) is 0.166. The number of anilines is 3. The molecule has 0 amide bonds. The van der Waals surface area contributed by atoms with Crippen LogP contribution in [0.5, 0.6) is 0 Å². The van der Waals surface area contributed by atoms with Crippen molar-refractivity contribution in [3.05, 3.63) is 212 Å². The van der Waals surface area contributed by atoms with Crippen molar-refractivity contribution in [1.82, 2.24) is 0 Å². The minimum atomic E-state index is 0.890. The van der Waals surface area contributed by atoms with Crippen LogP contribution in [0.1, 0.15) is 0 Å². The van der Waals surface area contributed by atoms with E-state index in [1.807, 2.05) is 6.07 Å². The molecule has 0 aliphatic rings. The van der Waals surface area contributed by atoms with Crippen LogP contribution in [0, 0.1) is 0 Å². The van der Waals surface area contributed by atoms with Crippen LogP contribution in [-0.4, -0.2) is 0 Å². The van der Waals surface area contributed by atoms with E-state index < -0.39 is 0 Å². The van der Waals surface area contributed by atoms with Gasteiger partial charge in [0.2, 0.25) is 0 Å². The van der Waals surface area contributed by atoms with Crippen molar-refractivity contribution in [2.24, 2.45) is 0 Å². The van der Waals surface area contributed by atoms with E-state index in [0.717, 1.165) is 55.7 Å². The summed E-state index contributed by atoms with van der Waals surface area (Å²) in [6.45, 7) is 0. The first kappa shape index (κ1) is 31.6. The molecule has 10 rings (SSSR count). The molecule has 10 aromatic rings. The maximum atomic E-state index is 6.63. The van der Waals surface area contributed by atoms with Crippen molar-refractivity contribution in [2.45, 2.75) is 0 Å². The van der Waals surface area contributed by atoms with Gasteiger partial charge in [0.05, 0.1) is 11.4 Å². The summed E-state index contributed by atoms with van der Waals surface area (Å²) in [5, 5.41) is 4.63. The Balaban J connectivity index is 1.23. The molecule has 254 valence electrons. The summed E-state index contributed by atoms with van der Waals surface area (Å²) in [6, 6.07) is 75.9. The molecule has 0 spiro atoms. The first-order valence-electron chi connectivity index (χ1n) is 18.4. The lowest BCUT2D eigenvalue weighted by molar-refractivity contribution is 0.670. The zero-order valence-corrected chi connectivity index (χ0v) is 29.6. The van der Waals surface area contributed by atoms with Crippen LogP contribution in [0.3, 0.4) is 0 Å². The van der Waals surface area contributed by atoms with Gasteiger partial charge in [-0.15, -0.1) is 0 Å². The molecule has 2 heteroatoms. The normalized spacial score (nSPS) is 11.3. The maximum absolute atomic E-state index is 6.63. The van der Waals surface area contributed by atoms with Crippen LogP contribution in [0.4, 0.5) is 17.1 Å². The summed E-state index contributed by atoms with van der Waals surface area (Å²) in [7, 11) is 0. The molecule has 0 N–H and O–H groups in total. The number of para-hydroxylation sites is 4. The number of rotatable bonds is 7. The Morgan fingerprint density at radius 2 is 0.815 bits per heavy atom. The molecule has 0 atom stereocenters. The monoisotopic (exact) mass is 689 g/mol. The highest BCUT2D eigenvalue weighted by Crippen LogP contribution is 2.48. The number of benzene rings is 9. The van der Waals surface area contributed by atoms with Crippen LogP contribution < -0.4 is 4.90 Å². The molecular weight excluding hydrogens is 655 g/mol. The molecule has 1 aromatic heterocycles. The summed E-state index contributed by atoms with van der Waals surface area (Å²) in [5.41, 5.74) is 14.2. The molecule has 0 aliphatic heterocycles. The van der Waals surface area contributed by atoms with Gasteiger partial charge in [0.15, 0.2) is 0 Å². The van der Waals surface area contributed by atoms with Gasteiger partial charge in [0, 0.05) is 33.2 Å². The van der Waals surface area contributed by atoms with Crippen LogP contribution in [0.15, 0.2) is 217 Å². The Hall–Kier alpha value is -7.16. The minimum absolute atomic E-state index is 0.890. The average molecular weight is 690 g/mol. The van der Waals surface area contributed by atoms with Crippen molar-refractivity contribution in [3.63, 3.8) is 0 Å². The second kappa shape index (κ2) is 13.4. The van der Waals surface area contributed by atoms with E-state index in [1.165, 1.54) is 38.6 Å². The highest BCUT2D eigenvalue weighted by atomic mass is 16.3. The van der Waals surface area contributed by atoms with E-state index in [4.69, 9.17) is 4.42 Å². The fourth-order valence-electron chi connectivity index (χ4n) is 8.02. The molecule has 0 fully saturated rings. The fraction of sp³-hybridized carbons (Fsp3) is 0. The van der Waals surface area contributed by atoms with Gasteiger partial charge in [-0.25, -0.2) is 0 Å². The Kier molecular flexibility index (Phi) is 7.85. The molecule has 0 saturated carbocycles. The Morgan fingerprint density at radius 1 is 0.315 bits per heavy atom. The molecule has 0 aliphatic carbocycles. The van der Waals surface area contributed by atoms with Crippen LogP contribution in [-0.2, 0) is 0 Å². The topological polar surface area (TPSA) is 16.4 Å². The Labute approximate surface area is 314 Å². The largest absolute Gasteiger partial charge is 0.455 e. The minimum Gasteiger partial charge on any atom is -0.455 e. The van der Waals surface area contributed by atoms with Gasteiger partial charge in [0.25, 0.3) is 0 Å². The van der Waals surface area contributed by atoms with Crippen molar-refractivity contribution >= 4 is 49.8 Å². The molecule has 0 unspecified atom stereocenters. The molecule has 9 aromatic carbocycles. The predicted molar refractivity (Wildman–Crippen MR) is 228 cm³/mol. The highest BCUT2D eigenvalue weighted by Gasteiger charge is 2.24. The number of nitrogens with zero attached hydrogens (tertiary/aromatic N) is 1. The van der Waals surface area contributed by atoms with Gasteiger partial charge in [0.1, 0.15) is 11.2 Å². The van der Waals surface area contributed by atoms with E-state index >= 15 is 0 Å². The Morgan fingerprint density at radius 3 is 1.56 bits per heavy atom. The standard InChI is InChI=1S/C52H35NO/c1-2-18-37(19-3-1)40-21-6-7-22-41(40)42-23-8-9-24-43(42)44-25-10-13-30-49(44)53(39-34-33-36-17-4-5-20-38(36)35-39)50-31-14-11-26-45(50)47-28-16-29-48-46-27-12-15-32-51(46)54-52(47)48/h1-35H. The van der Waals surface area contributed by atoms with Crippen LogP contribution in [0.2, 0.25) is 0 Å². The van der Waals surface area contributed by atoms with Gasteiger partial charge in [-0.05, 0) is 68.9 Å². The number of hydrogen-bond acceptors (Lipinski definition) is 2. The molecule has 2 nitrogen and oxygen atoms in total. The molecule has 1 heterocycles. The summed E-state index contributed by atoms with van der Waals surface area (Å²) < 4.78 is 6.63. The molecule has 0 bridgehead atoms. The van der Waals surface area contributed by atoms with E-state index in [0.29, 0.717) is 0 Å². The lowest BCUT2D eigenvalue weighted by Crippen LogP contribution is -2.12. The van der Waals surface area contributed by atoms with E-state index in [9.17, 15) is 0 Å². The maximum Gasteiger partial charge on any atom is 0.143 e. The van der Waals surface area contributed by atoms with Gasteiger partial charge >= 0.3 is 0 Å². The number of hydrogen-bond donors (Lipinski definition) is 0. The Bertz CT molecular complexity index is 2960. The summed E-state index contributed by atoms with van der Waals surface area (Å²) in [5.74, 6) is 0. The zero-order chi connectivity index (χ0) is 35.8. The SMILES string of the molecule is c1ccc(-c2ccccc2-c2ccccc2-c2ccccc2N(c2ccc3ccccc3c2)c2ccccc2-c2cccc3c2oc2ccccc23)cc1. The lowest BCUT2D eigenvalue weighted by atomic mass is 9.88. The predicted octanol–water partition coefficient (Wildman–Crippen LogP) is 14.9. The lowest BCUT2D eigenvalue weighted by Gasteiger charge is -2.30. The first-order valence-corrected chi connectivity index (χ1v) is 18.4. The molecule has 0 radical (unpaired) electrons. The van der Waals surface area contributed by atoms with Crippen LogP contribution >= 0.6 is 0 Å². The van der Waals surface area contributed by atoms with Crippen molar-refractivity contribution in [1.29, 1.82) is 0 Å². The van der Waals surface area contributed by atoms with Gasteiger partial charge in [-0.1, -0.05) is 182 Å². The summed E-state index contributed by atoms with van der Waals surface area (Å²) in [6.07, 6.45) is 0. The third-order valence-corrected chi connectivity index (χ3v) is 10.5. The molecular formula is C52H35NO. The smallest absolute Gasteiger partial charge is 0.143 e. The van der Waals surface area contributed by atoms with E-state index in [-0.39, 0.29) is 0 Å². The number of furan rings is 1.